The molecule has 0 aliphatic rings. The number of nitrogens with zero attached hydrogens (tertiary/aromatic N) is 2. The van der Waals surface area contributed by atoms with E-state index in [1.54, 1.807) is 31.5 Å². The third-order valence-corrected chi connectivity index (χ3v) is 4.44. The van der Waals surface area contributed by atoms with Crippen molar-refractivity contribution in [1.29, 1.82) is 0 Å². The molecule has 8 heteroatoms. The molecule has 2 aromatic carbocycles. The number of hydrogen-bond donors (Lipinski definition) is 2. The molecule has 1 heterocycles. The monoisotopic (exact) mass is 421 g/mol. The molecule has 0 unspecified atom stereocenters. The number of hydrogen-bond acceptors (Lipinski definition) is 6. The van der Waals surface area contributed by atoms with E-state index in [0.29, 0.717) is 24.5 Å². The van der Waals surface area contributed by atoms with Crippen molar-refractivity contribution in [1.82, 2.24) is 9.99 Å². The van der Waals surface area contributed by atoms with Crippen LogP contribution in [0.1, 0.15) is 28.4 Å². The van der Waals surface area contributed by atoms with Crippen LogP contribution in [0.15, 0.2) is 70.7 Å². The molecule has 3 aromatic rings. The summed E-state index contributed by atoms with van der Waals surface area (Å²) in [5, 5.41) is 13.6. The summed E-state index contributed by atoms with van der Waals surface area (Å²) in [6.45, 7) is 2.53. The van der Waals surface area contributed by atoms with E-state index >= 15 is 0 Å². The van der Waals surface area contributed by atoms with Gasteiger partial charge in [-0.1, -0.05) is 12.1 Å². The van der Waals surface area contributed by atoms with Crippen LogP contribution in [0.3, 0.4) is 0 Å². The average molecular weight is 421 g/mol. The molecule has 0 aliphatic carbocycles. The van der Waals surface area contributed by atoms with Crippen molar-refractivity contribution in [2.24, 2.45) is 5.10 Å². The molecule has 0 saturated heterocycles. The van der Waals surface area contributed by atoms with Gasteiger partial charge in [0.25, 0.3) is 11.5 Å². The predicted molar refractivity (Wildman–Crippen MR) is 117 cm³/mol. The van der Waals surface area contributed by atoms with Gasteiger partial charge in [0.2, 0.25) is 0 Å². The Hall–Kier alpha value is -4.07. The van der Waals surface area contributed by atoms with Crippen LogP contribution < -0.4 is 20.5 Å². The summed E-state index contributed by atoms with van der Waals surface area (Å²) in [4.78, 5) is 25.2. The van der Waals surface area contributed by atoms with Gasteiger partial charge in [0.15, 0.2) is 11.5 Å². The summed E-state index contributed by atoms with van der Waals surface area (Å²) < 4.78 is 11.9. The van der Waals surface area contributed by atoms with Gasteiger partial charge in [-0.05, 0) is 60.5 Å². The molecule has 0 aliphatic heterocycles. The lowest BCUT2D eigenvalue weighted by Crippen LogP contribution is -2.30. The number of phenols is 1. The van der Waals surface area contributed by atoms with Crippen molar-refractivity contribution < 1.29 is 19.4 Å². The summed E-state index contributed by atoms with van der Waals surface area (Å²) in [5.41, 5.74) is 3.43. The van der Waals surface area contributed by atoms with Crippen molar-refractivity contribution >= 4 is 12.1 Å². The largest absolute Gasteiger partial charge is 0.504 e. The fourth-order valence-corrected chi connectivity index (χ4v) is 2.87. The van der Waals surface area contributed by atoms with Crippen LogP contribution in [0.4, 0.5) is 0 Å². The first-order valence-electron chi connectivity index (χ1n) is 9.63. The number of carbonyl (C=O) groups is 1. The minimum absolute atomic E-state index is 0.0183. The molecule has 0 bridgehead atoms. The molecule has 0 spiro atoms. The van der Waals surface area contributed by atoms with Crippen LogP contribution in [-0.2, 0) is 6.54 Å². The van der Waals surface area contributed by atoms with E-state index in [1.165, 1.54) is 22.9 Å². The topological polar surface area (TPSA) is 102 Å². The number of ether oxygens (including phenoxy) is 2. The third kappa shape index (κ3) is 5.51. The Bertz CT molecular complexity index is 1140. The highest BCUT2D eigenvalue weighted by molar-refractivity contribution is 5.94. The molecule has 1 aromatic heterocycles. The number of aromatic hydroxyl groups is 1. The summed E-state index contributed by atoms with van der Waals surface area (Å²) in [5.74, 6) is 0.449. The van der Waals surface area contributed by atoms with Gasteiger partial charge in [-0.15, -0.1) is 0 Å². The quantitative estimate of drug-likeness (QED) is 0.430. The summed E-state index contributed by atoms with van der Waals surface area (Å²) in [6, 6.07) is 15.1. The zero-order valence-electron chi connectivity index (χ0n) is 17.2. The van der Waals surface area contributed by atoms with E-state index in [0.717, 1.165) is 11.3 Å². The SMILES string of the molecule is CCOc1cc(/C=N\NC(=O)c2cccn(Cc3ccc(OC)cc3)c2=O)ccc1O. The van der Waals surface area contributed by atoms with Crippen molar-refractivity contribution in [3.8, 4) is 17.2 Å². The Balaban J connectivity index is 1.70. The standard InChI is InChI=1S/C23H23N3O5/c1-3-31-21-13-17(8-11-20(21)27)14-24-25-22(28)19-5-4-12-26(23(19)29)15-16-6-9-18(30-2)10-7-16/h4-14,27H,3,15H2,1-2H3,(H,25,28)/b24-14-. The minimum Gasteiger partial charge on any atom is -0.504 e. The van der Waals surface area contributed by atoms with E-state index in [2.05, 4.69) is 10.5 Å². The number of benzene rings is 2. The highest BCUT2D eigenvalue weighted by Crippen LogP contribution is 2.26. The molecule has 8 nitrogen and oxygen atoms in total. The minimum atomic E-state index is -0.617. The zero-order valence-corrected chi connectivity index (χ0v) is 17.2. The average Bonchev–Trinajstić information content (AvgIpc) is 2.78. The van der Waals surface area contributed by atoms with E-state index in [9.17, 15) is 14.7 Å². The number of aromatic nitrogens is 1. The first kappa shape index (κ1) is 21.6. The third-order valence-electron chi connectivity index (χ3n) is 4.44. The second kappa shape index (κ2) is 10.1. The van der Waals surface area contributed by atoms with E-state index < -0.39 is 11.5 Å². The highest BCUT2D eigenvalue weighted by Gasteiger charge is 2.12. The normalized spacial score (nSPS) is 10.8. The van der Waals surface area contributed by atoms with Crippen LogP contribution in [0, 0.1) is 0 Å². The number of pyridine rings is 1. The Morgan fingerprint density at radius 2 is 1.97 bits per heavy atom. The van der Waals surface area contributed by atoms with Crippen LogP contribution in [-0.4, -0.2) is 35.5 Å². The van der Waals surface area contributed by atoms with Gasteiger partial charge in [-0.3, -0.25) is 9.59 Å². The number of carbonyl (C=O) groups excluding carboxylic acids is 1. The van der Waals surface area contributed by atoms with Crippen molar-refractivity contribution in [2.45, 2.75) is 13.5 Å². The van der Waals surface area contributed by atoms with Gasteiger partial charge in [-0.2, -0.15) is 5.10 Å². The lowest BCUT2D eigenvalue weighted by atomic mass is 10.2. The van der Waals surface area contributed by atoms with Gasteiger partial charge in [0.05, 0.1) is 26.5 Å². The second-order valence-corrected chi connectivity index (χ2v) is 6.56. The second-order valence-electron chi connectivity index (χ2n) is 6.56. The molecule has 1 amide bonds. The maximum Gasteiger partial charge on any atom is 0.276 e. The molecule has 0 atom stereocenters. The lowest BCUT2D eigenvalue weighted by Gasteiger charge is -2.08. The molecule has 3 rings (SSSR count). The lowest BCUT2D eigenvalue weighted by molar-refractivity contribution is 0.0953. The number of amides is 1. The summed E-state index contributed by atoms with van der Waals surface area (Å²) in [7, 11) is 1.59. The van der Waals surface area contributed by atoms with Gasteiger partial charge < -0.3 is 19.1 Å². The summed E-state index contributed by atoms with van der Waals surface area (Å²) in [6.07, 6.45) is 3.02. The molecule has 160 valence electrons. The van der Waals surface area contributed by atoms with Crippen molar-refractivity contribution in [3.63, 3.8) is 0 Å². The fraction of sp³-hybridized carbons (Fsp3) is 0.174. The molecular formula is C23H23N3O5. The van der Waals surface area contributed by atoms with E-state index in [1.807, 2.05) is 31.2 Å². The van der Waals surface area contributed by atoms with Crippen LogP contribution in [0.2, 0.25) is 0 Å². The van der Waals surface area contributed by atoms with Crippen molar-refractivity contribution in [2.75, 3.05) is 13.7 Å². The molecule has 31 heavy (non-hydrogen) atoms. The number of rotatable bonds is 8. The molecule has 0 radical (unpaired) electrons. The maximum absolute atomic E-state index is 12.7. The Morgan fingerprint density at radius 3 is 2.68 bits per heavy atom. The Kier molecular flexibility index (Phi) is 7.05. The maximum atomic E-state index is 12.7. The van der Waals surface area contributed by atoms with Crippen LogP contribution in [0.25, 0.3) is 0 Å². The molecule has 0 fully saturated rings. The molecule has 2 N–H and O–H groups in total. The van der Waals surface area contributed by atoms with Gasteiger partial charge in [-0.25, -0.2) is 5.43 Å². The van der Waals surface area contributed by atoms with Gasteiger partial charge in [0.1, 0.15) is 11.3 Å². The summed E-state index contributed by atoms with van der Waals surface area (Å²) >= 11 is 0. The number of hydrazone groups is 1. The predicted octanol–water partition coefficient (Wildman–Crippen LogP) is 2.77. The Labute approximate surface area is 179 Å². The first-order chi connectivity index (χ1) is 15.0. The number of nitrogens with one attached hydrogen (secondary N) is 1. The van der Waals surface area contributed by atoms with Gasteiger partial charge in [0, 0.05) is 6.20 Å². The van der Waals surface area contributed by atoms with Crippen LogP contribution in [0.5, 0.6) is 17.2 Å². The van der Waals surface area contributed by atoms with Gasteiger partial charge >= 0.3 is 0 Å². The zero-order chi connectivity index (χ0) is 22.2. The molecule has 0 saturated carbocycles. The first-order valence-corrected chi connectivity index (χ1v) is 9.63. The highest BCUT2D eigenvalue weighted by atomic mass is 16.5. The van der Waals surface area contributed by atoms with E-state index in [4.69, 9.17) is 9.47 Å². The fourth-order valence-electron chi connectivity index (χ4n) is 2.87. The number of phenolic OH excluding ortho intramolecular Hbond substituents is 1. The smallest absolute Gasteiger partial charge is 0.276 e. The van der Waals surface area contributed by atoms with E-state index in [-0.39, 0.29) is 11.3 Å². The number of methoxy groups -OCH3 is 1. The van der Waals surface area contributed by atoms with Crippen LogP contribution >= 0.6 is 0 Å². The Morgan fingerprint density at radius 1 is 1.19 bits per heavy atom. The van der Waals surface area contributed by atoms with Crippen molar-refractivity contribution in [3.05, 3.63) is 87.8 Å². The molecular weight excluding hydrogens is 398 g/mol.